The molecule has 0 fully saturated rings. The van der Waals surface area contributed by atoms with Crippen molar-refractivity contribution in [2.24, 2.45) is 0 Å². The van der Waals surface area contributed by atoms with Crippen molar-refractivity contribution in [1.82, 2.24) is 9.80 Å². The lowest BCUT2D eigenvalue weighted by molar-refractivity contribution is -0.137. The third-order valence-corrected chi connectivity index (χ3v) is 1.98. The number of amides is 2. The number of carbonyl (C=O) groups excluding carboxylic acids is 1. The van der Waals surface area contributed by atoms with Crippen LogP contribution in [-0.4, -0.2) is 53.6 Å². The number of aliphatic carboxylic acids is 1. The molecule has 15 heavy (non-hydrogen) atoms. The van der Waals surface area contributed by atoms with Gasteiger partial charge in [0.2, 0.25) is 0 Å². The maximum absolute atomic E-state index is 11.7. The molecule has 0 aromatic heterocycles. The smallest absolute Gasteiger partial charge is 0.320 e. The normalized spacial score (nSPS) is 9.47. The summed E-state index contributed by atoms with van der Waals surface area (Å²) in [6.45, 7) is 6.57. The van der Waals surface area contributed by atoms with Crippen molar-refractivity contribution in [1.29, 1.82) is 0 Å². The first kappa shape index (κ1) is 13.5. The Morgan fingerprint density at radius 3 is 2.47 bits per heavy atom. The standard InChI is InChI=1S/C10H18N2O3/c1-4-7-11(3)10(15)12(5-2)8-6-9(13)14/h4H,1,5-8H2,2-3H3,(H,13,14). The summed E-state index contributed by atoms with van der Waals surface area (Å²) in [6.07, 6.45) is 1.60. The number of rotatable bonds is 6. The molecule has 0 rings (SSSR count). The predicted octanol–water partition coefficient (Wildman–Crippen LogP) is 1.02. The molecule has 0 saturated carbocycles. The second-order valence-electron chi connectivity index (χ2n) is 3.18. The van der Waals surface area contributed by atoms with Crippen LogP contribution in [0.1, 0.15) is 13.3 Å². The van der Waals surface area contributed by atoms with E-state index in [9.17, 15) is 9.59 Å². The minimum atomic E-state index is -0.896. The summed E-state index contributed by atoms with van der Waals surface area (Å²) in [7, 11) is 1.66. The molecule has 0 radical (unpaired) electrons. The Bertz CT molecular complexity index is 241. The quantitative estimate of drug-likeness (QED) is 0.671. The molecule has 0 unspecified atom stereocenters. The number of hydrogen-bond donors (Lipinski definition) is 1. The van der Waals surface area contributed by atoms with Gasteiger partial charge in [0.25, 0.3) is 0 Å². The number of nitrogens with zero attached hydrogens (tertiary/aromatic N) is 2. The van der Waals surface area contributed by atoms with E-state index >= 15 is 0 Å². The van der Waals surface area contributed by atoms with E-state index in [4.69, 9.17) is 5.11 Å². The van der Waals surface area contributed by atoms with E-state index in [2.05, 4.69) is 6.58 Å². The Hall–Kier alpha value is -1.52. The molecular formula is C10H18N2O3. The minimum Gasteiger partial charge on any atom is -0.481 e. The average Bonchev–Trinajstić information content (AvgIpc) is 2.18. The zero-order valence-electron chi connectivity index (χ0n) is 9.27. The van der Waals surface area contributed by atoms with Gasteiger partial charge >= 0.3 is 12.0 Å². The number of hydrogen-bond acceptors (Lipinski definition) is 2. The van der Waals surface area contributed by atoms with Crippen molar-refractivity contribution in [2.75, 3.05) is 26.7 Å². The molecule has 0 heterocycles. The van der Waals surface area contributed by atoms with Gasteiger partial charge in [0, 0.05) is 26.7 Å². The van der Waals surface area contributed by atoms with E-state index in [0.717, 1.165) is 0 Å². The highest BCUT2D eigenvalue weighted by Gasteiger charge is 2.15. The number of carboxylic acid groups (broad SMARTS) is 1. The molecular weight excluding hydrogens is 196 g/mol. The summed E-state index contributed by atoms with van der Waals surface area (Å²) in [5.41, 5.74) is 0. The molecule has 2 amide bonds. The fourth-order valence-corrected chi connectivity index (χ4v) is 1.13. The summed E-state index contributed by atoms with van der Waals surface area (Å²) in [6, 6.07) is -0.168. The van der Waals surface area contributed by atoms with E-state index in [1.54, 1.807) is 13.1 Å². The largest absolute Gasteiger partial charge is 0.481 e. The van der Waals surface area contributed by atoms with Gasteiger partial charge in [-0.25, -0.2) is 4.79 Å². The lowest BCUT2D eigenvalue weighted by atomic mass is 10.4. The third kappa shape index (κ3) is 5.05. The maximum atomic E-state index is 11.7. The molecule has 0 atom stereocenters. The van der Waals surface area contributed by atoms with Crippen molar-refractivity contribution in [3.63, 3.8) is 0 Å². The van der Waals surface area contributed by atoms with Crippen molar-refractivity contribution in [2.45, 2.75) is 13.3 Å². The Labute approximate surface area is 90.0 Å². The van der Waals surface area contributed by atoms with Crippen LogP contribution in [0.2, 0.25) is 0 Å². The third-order valence-electron chi connectivity index (χ3n) is 1.98. The van der Waals surface area contributed by atoms with Gasteiger partial charge in [-0.1, -0.05) is 6.08 Å². The lowest BCUT2D eigenvalue weighted by Crippen LogP contribution is -2.42. The molecule has 5 heteroatoms. The highest BCUT2D eigenvalue weighted by atomic mass is 16.4. The van der Waals surface area contributed by atoms with Gasteiger partial charge in [0.05, 0.1) is 6.42 Å². The molecule has 5 nitrogen and oxygen atoms in total. The summed E-state index contributed by atoms with van der Waals surface area (Å²) >= 11 is 0. The molecule has 0 aliphatic heterocycles. The van der Waals surface area contributed by atoms with E-state index in [0.29, 0.717) is 13.1 Å². The Morgan fingerprint density at radius 1 is 1.47 bits per heavy atom. The summed E-state index contributed by atoms with van der Waals surface area (Å²) in [4.78, 5) is 25.1. The van der Waals surface area contributed by atoms with Crippen LogP contribution in [0.4, 0.5) is 4.79 Å². The fraction of sp³-hybridized carbons (Fsp3) is 0.600. The highest BCUT2D eigenvalue weighted by molar-refractivity contribution is 5.75. The van der Waals surface area contributed by atoms with E-state index in [1.165, 1.54) is 9.80 Å². The second kappa shape index (κ2) is 6.86. The van der Waals surface area contributed by atoms with Crippen molar-refractivity contribution < 1.29 is 14.7 Å². The summed E-state index contributed by atoms with van der Waals surface area (Å²) < 4.78 is 0. The second-order valence-corrected chi connectivity index (χ2v) is 3.18. The molecule has 0 bridgehead atoms. The van der Waals surface area contributed by atoms with Gasteiger partial charge in [0.15, 0.2) is 0 Å². The van der Waals surface area contributed by atoms with E-state index in [1.807, 2.05) is 6.92 Å². The van der Waals surface area contributed by atoms with Crippen LogP contribution < -0.4 is 0 Å². The van der Waals surface area contributed by atoms with Crippen LogP contribution in [0.25, 0.3) is 0 Å². The first-order valence-electron chi connectivity index (χ1n) is 4.85. The van der Waals surface area contributed by atoms with Crippen molar-refractivity contribution >= 4 is 12.0 Å². The Morgan fingerprint density at radius 2 is 2.07 bits per heavy atom. The molecule has 86 valence electrons. The molecule has 0 aliphatic carbocycles. The lowest BCUT2D eigenvalue weighted by Gasteiger charge is -2.25. The van der Waals surface area contributed by atoms with Gasteiger partial charge in [-0.2, -0.15) is 0 Å². The van der Waals surface area contributed by atoms with E-state index < -0.39 is 5.97 Å². The SMILES string of the molecule is C=CCN(C)C(=O)N(CC)CCC(=O)O. The molecule has 0 aromatic rings. The van der Waals surface area contributed by atoms with Gasteiger partial charge in [-0.3, -0.25) is 4.79 Å². The van der Waals surface area contributed by atoms with Gasteiger partial charge in [-0.05, 0) is 6.92 Å². The Balaban J connectivity index is 4.20. The van der Waals surface area contributed by atoms with Crippen LogP contribution in [-0.2, 0) is 4.79 Å². The molecule has 1 N–H and O–H groups in total. The first-order chi connectivity index (χ1) is 7.02. The Kier molecular flexibility index (Phi) is 6.17. The van der Waals surface area contributed by atoms with Crippen LogP contribution in [0.3, 0.4) is 0 Å². The minimum absolute atomic E-state index is 0.0263. The summed E-state index contributed by atoms with van der Waals surface area (Å²) in [5.74, 6) is -0.896. The van der Waals surface area contributed by atoms with Gasteiger partial charge in [0.1, 0.15) is 0 Å². The molecule has 0 aliphatic rings. The molecule has 0 spiro atoms. The van der Waals surface area contributed by atoms with Crippen LogP contribution in [0.5, 0.6) is 0 Å². The average molecular weight is 214 g/mol. The zero-order valence-corrected chi connectivity index (χ0v) is 9.27. The van der Waals surface area contributed by atoms with Crippen LogP contribution >= 0.6 is 0 Å². The van der Waals surface area contributed by atoms with Crippen LogP contribution in [0.15, 0.2) is 12.7 Å². The number of carboxylic acids is 1. The first-order valence-corrected chi connectivity index (χ1v) is 4.85. The highest BCUT2D eigenvalue weighted by Crippen LogP contribution is 1.98. The van der Waals surface area contributed by atoms with Crippen molar-refractivity contribution in [3.8, 4) is 0 Å². The van der Waals surface area contributed by atoms with Crippen LogP contribution in [0, 0.1) is 0 Å². The number of likely N-dealkylation sites (N-methyl/N-ethyl adjacent to an activating group) is 1. The molecule has 0 aromatic carbocycles. The number of carbonyl (C=O) groups is 2. The maximum Gasteiger partial charge on any atom is 0.320 e. The zero-order chi connectivity index (χ0) is 11.8. The fourth-order valence-electron chi connectivity index (χ4n) is 1.13. The topological polar surface area (TPSA) is 60.9 Å². The molecule has 0 saturated heterocycles. The monoisotopic (exact) mass is 214 g/mol. The summed E-state index contributed by atoms with van der Waals surface area (Å²) in [5, 5.41) is 8.51. The van der Waals surface area contributed by atoms with E-state index in [-0.39, 0.29) is 19.0 Å². The van der Waals surface area contributed by atoms with Gasteiger partial charge in [-0.15, -0.1) is 6.58 Å². The van der Waals surface area contributed by atoms with Crippen molar-refractivity contribution in [3.05, 3.63) is 12.7 Å². The van der Waals surface area contributed by atoms with Gasteiger partial charge < -0.3 is 14.9 Å². The number of urea groups is 1. The predicted molar refractivity (Wildman–Crippen MR) is 57.7 cm³/mol.